The molecule has 0 amide bonds. The Kier molecular flexibility index (Phi) is 4.95. The van der Waals surface area contributed by atoms with Gasteiger partial charge < -0.3 is 10.6 Å². The van der Waals surface area contributed by atoms with Crippen molar-refractivity contribution in [1.82, 2.24) is 10.6 Å². The van der Waals surface area contributed by atoms with Gasteiger partial charge in [0.25, 0.3) is 0 Å². The minimum Gasteiger partial charge on any atom is -0.314 e. The highest BCUT2D eigenvalue weighted by Crippen LogP contribution is 2.09. The van der Waals surface area contributed by atoms with Crippen molar-refractivity contribution in [3.8, 4) is 0 Å². The molecule has 17 heavy (non-hydrogen) atoms. The van der Waals surface area contributed by atoms with Crippen molar-refractivity contribution in [3.63, 3.8) is 0 Å². The standard InChI is InChI=1S/C14H21FN2/c15-14-7-2-1-5-12(14)11-16-10-8-13-6-3-4-9-17-13/h1-2,5,7,13,16-17H,3-4,6,8-11H2. The van der Waals surface area contributed by atoms with Gasteiger partial charge in [0, 0.05) is 18.2 Å². The van der Waals surface area contributed by atoms with Crippen molar-refractivity contribution in [3.05, 3.63) is 35.6 Å². The monoisotopic (exact) mass is 236 g/mol. The molecule has 2 nitrogen and oxygen atoms in total. The second kappa shape index (κ2) is 6.72. The second-order valence-corrected chi connectivity index (χ2v) is 4.70. The molecule has 1 aromatic carbocycles. The lowest BCUT2D eigenvalue weighted by molar-refractivity contribution is 0.376. The summed E-state index contributed by atoms with van der Waals surface area (Å²) in [5.41, 5.74) is 0.754. The number of halogens is 1. The lowest BCUT2D eigenvalue weighted by Gasteiger charge is -2.23. The van der Waals surface area contributed by atoms with Gasteiger partial charge in [0.05, 0.1) is 0 Å². The fourth-order valence-corrected chi connectivity index (χ4v) is 2.31. The zero-order chi connectivity index (χ0) is 11.9. The summed E-state index contributed by atoms with van der Waals surface area (Å²) in [7, 11) is 0. The van der Waals surface area contributed by atoms with E-state index in [1.807, 2.05) is 12.1 Å². The molecule has 0 aromatic heterocycles. The van der Waals surface area contributed by atoms with Gasteiger partial charge >= 0.3 is 0 Å². The van der Waals surface area contributed by atoms with Crippen molar-refractivity contribution in [2.75, 3.05) is 13.1 Å². The average molecular weight is 236 g/mol. The summed E-state index contributed by atoms with van der Waals surface area (Å²) in [6, 6.07) is 7.60. The first kappa shape index (κ1) is 12.5. The van der Waals surface area contributed by atoms with E-state index < -0.39 is 0 Å². The van der Waals surface area contributed by atoms with Crippen molar-refractivity contribution in [2.24, 2.45) is 0 Å². The van der Waals surface area contributed by atoms with Crippen LogP contribution in [0, 0.1) is 5.82 Å². The van der Waals surface area contributed by atoms with Crippen LogP contribution in [-0.4, -0.2) is 19.1 Å². The molecule has 2 rings (SSSR count). The predicted molar refractivity (Wildman–Crippen MR) is 68.4 cm³/mol. The molecular formula is C14H21FN2. The Hall–Kier alpha value is -0.930. The third-order valence-electron chi connectivity index (χ3n) is 3.36. The van der Waals surface area contributed by atoms with Gasteiger partial charge in [-0.3, -0.25) is 0 Å². The number of hydrogen-bond acceptors (Lipinski definition) is 2. The molecule has 3 heteroatoms. The third kappa shape index (κ3) is 4.10. The van der Waals surface area contributed by atoms with Gasteiger partial charge in [-0.25, -0.2) is 4.39 Å². The van der Waals surface area contributed by atoms with Crippen LogP contribution in [-0.2, 0) is 6.54 Å². The van der Waals surface area contributed by atoms with E-state index in [1.54, 1.807) is 6.07 Å². The third-order valence-corrected chi connectivity index (χ3v) is 3.36. The Morgan fingerprint density at radius 2 is 2.18 bits per heavy atom. The largest absolute Gasteiger partial charge is 0.314 e. The van der Waals surface area contributed by atoms with Crippen LogP contribution in [0.25, 0.3) is 0 Å². The second-order valence-electron chi connectivity index (χ2n) is 4.70. The molecule has 1 saturated heterocycles. The maximum Gasteiger partial charge on any atom is 0.127 e. The summed E-state index contributed by atoms with van der Waals surface area (Å²) in [5, 5.41) is 6.82. The Morgan fingerprint density at radius 3 is 2.94 bits per heavy atom. The van der Waals surface area contributed by atoms with Crippen molar-refractivity contribution >= 4 is 0 Å². The topological polar surface area (TPSA) is 24.1 Å². The molecule has 1 aromatic rings. The highest BCUT2D eigenvalue weighted by Gasteiger charge is 2.11. The molecule has 1 aliphatic rings. The van der Waals surface area contributed by atoms with Gasteiger partial charge in [0.1, 0.15) is 5.82 Å². The van der Waals surface area contributed by atoms with Gasteiger partial charge in [-0.15, -0.1) is 0 Å². The summed E-state index contributed by atoms with van der Waals surface area (Å²) in [6.45, 7) is 2.73. The molecule has 1 unspecified atom stereocenters. The lowest BCUT2D eigenvalue weighted by Crippen LogP contribution is -2.36. The van der Waals surface area contributed by atoms with Gasteiger partial charge in [-0.2, -0.15) is 0 Å². The minimum absolute atomic E-state index is 0.115. The molecule has 0 aliphatic carbocycles. The Morgan fingerprint density at radius 1 is 1.29 bits per heavy atom. The van der Waals surface area contributed by atoms with E-state index in [1.165, 1.54) is 25.3 Å². The van der Waals surface area contributed by atoms with Gasteiger partial charge in [0.2, 0.25) is 0 Å². The first-order valence-corrected chi connectivity index (χ1v) is 6.54. The van der Waals surface area contributed by atoms with Crippen LogP contribution in [0.3, 0.4) is 0 Å². The van der Waals surface area contributed by atoms with Crippen molar-refractivity contribution < 1.29 is 4.39 Å². The van der Waals surface area contributed by atoms with E-state index in [-0.39, 0.29) is 5.82 Å². The first-order valence-electron chi connectivity index (χ1n) is 6.54. The molecule has 0 radical (unpaired) electrons. The number of hydrogen-bond donors (Lipinski definition) is 2. The Labute approximate surface area is 103 Å². The summed E-state index contributed by atoms with van der Waals surface area (Å²) in [6.07, 6.45) is 5.06. The molecule has 0 saturated carbocycles. The number of nitrogens with one attached hydrogen (secondary N) is 2. The van der Waals surface area contributed by atoms with Crippen LogP contribution in [0.15, 0.2) is 24.3 Å². The van der Waals surface area contributed by atoms with Gasteiger partial charge in [-0.05, 0) is 38.4 Å². The molecule has 1 heterocycles. The maximum atomic E-state index is 13.3. The fraction of sp³-hybridized carbons (Fsp3) is 0.571. The zero-order valence-corrected chi connectivity index (χ0v) is 10.2. The van der Waals surface area contributed by atoms with Crippen molar-refractivity contribution in [1.29, 1.82) is 0 Å². The average Bonchev–Trinajstić information content (AvgIpc) is 2.38. The lowest BCUT2D eigenvalue weighted by atomic mass is 10.0. The summed E-state index contributed by atoms with van der Waals surface area (Å²) >= 11 is 0. The minimum atomic E-state index is -0.115. The van der Waals surface area contributed by atoms with Crippen LogP contribution in [0.4, 0.5) is 4.39 Å². The maximum absolute atomic E-state index is 13.3. The smallest absolute Gasteiger partial charge is 0.127 e. The Balaban J connectivity index is 1.64. The number of benzene rings is 1. The normalized spacial score (nSPS) is 20.4. The van der Waals surface area contributed by atoms with Gasteiger partial charge in [-0.1, -0.05) is 24.6 Å². The molecule has 1 atom stereocenters. The van der Waals surface area contributed by atoms with Crippen LogP contribution >= 0.6 is 0 Å². The summed E-state index contributed by atoms with van der Waals surface area (Å²) in [5.74, 6) is -0.115. The highest BCUT2D eigenvalue weighted by atomic mass is 19.1. The number of piperidine rings is 1. The quantitative estimate of drug-likeness (QED) is 0.767. The van der Waals surface area contributed by atoms with Crippen LogP contribution < -0.4 is 10.6 Å². The van der Waals surface area contributed by atoms with E-state index in [0.29, 0.717) is 12.6 Å². The fourth-order valence-electron chi connectivity index (χ4n) is 2.31. The molecular weight excluding hydrogens is 215 g/mol. The van der Waals surface area contributed by atoms with E-state index in [9.17, 15) is 4.39 Å². The predicted octanol–water partition coefficient (Wildman–Crippen LogP) is 2.45. The zero-order valence-electron chi connectivity index (χ0n) is 10.2. The van der Waals surface area contributed by atoms with E-state index in [0.717, 1.165) is 25.1 Å². The molecule has 1 aliphatic heterocycles. The van der Waals surface area contributed by atoms with E-state index in [4.69, 9.17) is 0 Å². The van der Waals surface area contributed by atoms with E-state index in [2.05, 4.69) is 10.6 Å². The summed E-state index contributed by atoms with van der Waals surface area (Å²) in [4.78, 5) is 0. The molecule has 0 spiro atoms. The summed E-state index contributed by atoms with van der Waals surface area (Å²) < 4.78 is 13.3. The van der Waals surface area contributed by atoms with Crippen LogP contribution in [0.1, 0.15) is 31.2 Å². The van der Waals surface area contributed by atoms with Crippen molar-refractivity contribution in [2.45, 2.75) is 38.3 Å². The highest BCUT2D eigenvalue weighted by molar-refractivity contribution is 5.16. The van der Waals surface area contributed by atoms with Gasteiger partial charge in [0.15, 0.2) is 0 Å². The number of rotatable bonds is 5. The first-order chi connectivity index (χ1) is 8.36. The molecule has 1 fully saturated rings. The van der Waals surface area contributed by atoms with E-state index >= 15 is 0 Å². The SMILES string of the molecule is Fc1ccccc1CNCCC1CCCCN1. The molecule has 0 bridgehead atoms. The molecule has 2 N–H and O–H groups in total. The van der Waals surface area contributed by atoms with Crippen LogP contribution in [0.5, 0.6) is 0 Å². The van der Waals surface area contributed by atoms with Crippen LogP contribution in [0.2, 0.25) is 0 Å². The molecule has 94 valence electrons. The Bertz CT molecular complexity index is 335.